The number of hydrogen-bond acceptors (Lipinski definition) is 4. The van der Waals surface area contributed by atoms with E-state index in [0.717, 1.165) is 11.8 Å². The van der Waals surface area contributed by atoms with E-state index < -0.39 is 4.92 Å². The van der Waals surface area contributed by atoms with Gasteiger partial charge in [0.25, 0.3) is 5.69 Å². The van der Waals surface area contributed by atoms with Gasteiger partial charge in [0.2, 0.25) is 0 Å². The van der Waals surface area contributed by atoms with Crippen molar-refractivity contribution in [2.75, 3.05) is 0 Å². The molecule has 102 valence electrons. The minimum Gasteiger partial charge on any atom is -0.457 e. The molecule has 0 amide bonds. The third-order valence-corrected chi connectivity index (χ3v) is 2.93. The second-order valence-corrected chi connectivity index (χ2v) is 4.45. The van der Waals surface area contributed by atoms with E-state index in [1.165, 1.54) is 6.07 Å². The molecule has 0 spiro atoms. The Balaban J connectivity index is 2.28. The number of nitro groups is 1. The Kier molecular flexibility index (Phi) is 3.79. The molecule has 0 saturated heterocycles. The Hall–Kier alpha value is -2.69. The van der Waals surface area contributed by atoms with Crippen LogP contribution in [0.1, 0.15) is 21.5 Å². The lowest BCUT2D eigenvalue weighted by atomic mass is 10.1. The number of rotatable bonds is 4. The van der Waals surface area contributed by atoms with E-state index in [9.17, 15) is 14.9 Å². The van der Waals surface area contributed by atoms with Crippen molar-refractivity contribution < 1.29 is 14.5 Å². The zero-order chi connectivity index (χ0) is 14.7. The van der Waals surface area contributed by atoms with Crippen molar-refractivity contribution >= 4 is 12.0 Å². The van der Waals surface area contributed by atoms with Gasteiger partial charge in [0.15, 0.2) is 0 Å². The van der Waals surface area contributed by atoms with Crippen molar-refractivity contribution in [3.63, 3.8) is 0 Å². The van der Waals surface area contributed by atoms with Crippen LogP contribution < -0.4 is 4.74 Å². The van der Waals surface area contributed by atoms with Crippen LogP contribution in [0.4, 0.5) is 5.69 Å². The zero-order valence-corrected chi connectivity index (χ0v) is 11.1. The van der Waals surface area contributed by atoms with Crippen LogP contribution in [0.2, 0.25) is 0 Å². The summed E-state index contributed by atoms with van der Waals surface area (Å²) in [5, 5.41) is 10.7. The predicted molar refractivity (Wildman–Crippen MR) is 74.5 cm³/mol. The van der Waals surface area contributed by atoms with E-state index in [0.29, 0.717) is 22.6 Å². The molecule has 2 aromatic carbocycles. The smallest absolute Gasteiger partial charge is 0.272 e. The average molecular weight is 271 g/mol. The van der Waals surface area contributed by atoms with Crippen LogP contribution in [0.15, 0.2) is 36.4 Å². The van der Waals surface area contributed by atoms with Crippen LogP contribution in [0, 0.1) is 24.0 Å². The molecule has 5 heteroatoms. The molecular weight excluding hydrogens is 258 g/mol. The van der Waals surface area contributed by atoms with Crippen LogP contribution in [0.25, 0.3) is 0 Å². The number of carbonyl (C=O) groups excluding carboxylic acids is 1. The second-order valence-electron chi connectivity index (χ2n) is 4.45. The number of aryl methyl sites for hydroxylation is 2. The van der Waals surface area contributed by atoms with Crippen LogP contribution in [-0.2, 0) is 0 Å². The van der Waals surface area contributed by atoms with Crippen molar-refractivity contribution in [2.24, 2.45) is 0 Å². The molecule has 0 saturated carbocycles. The summed E-state index contributed by atoms with van der Waals surface area (Å²) in [5.74, 6) is 1.14. The number of nitrogens with zero attached hydrogens (tertiary/aromatic N) is 1. The minimum atomic E-state index is -0.427. The van der Waals surface area contributed by atoms with Gasteiger partial charge in [-0.1, -0.05) is 0 Å². The van der Waals surface area contributed by atoms with Gasteiger partial charge in [0.05, 0.1) is 4.92 Å². The van der Waals surface area contributed by atoms with Crippen molar-refractivity contribution in [2.45, 2.75) is 13.8 Å². The summed E-state index contributed by atoms with van der Waals surface area (Å²) in [6.07, 6.45) is 0.771. The monoisotopic (exact) mass is 271 g/mol. The number of aldehydes is 1. The highest BCUT2D eigenvalue weighted by molar-refractivity contribution is 5.75. The highest BCUT2D eigenvalue weighted by Gasteiger charge is 2.11. The molecular formula is C15H13NO4. The first-order valence-corrected chi connectivity index (χ1v) is 6.00. The van der Waals surface area contributed by atoms with Crippen LogP contribution in [-0.4, -0.2) is 11.2 Å². The fourth-order valence-electron chi connectivity index (χ4n) is 1.88. The number of hydrogen-bond donors (Lipinski definition) is 0. The molecule has 2 aromatic rings. The molecule has 0 N–H and O–H groups in total. The molecule has 0 fully saturated rings. The van der Waals surface area contributed by atoms with E-state index in [2.05, 4.69) is 0 Å². The van der Waals surface area contributed by atoms with Crippen LogP contribution in [0.3, 0.4) is 0 Å². The molecule has 0 aromatic heterocycles. The third kappa shape index (κ3) is 2.83. The summed E-state index contributed by atoms with van der Waals surface area (Å²) in [7, 11) is 0. The molecule has 0 aliphatic heterocycles. The fourth-order valence-corrected chi connectivity index (χ4v) is 1.88. The fraction of sp³-hybridized carbons (Fsp3) is 0.133. The molecule has 0 radical (unpaired) electrons. The van der Waals surface area contributed by atoms with Gasteiger partial charge >= 0.3 is 0 Å². The summed E-state index contributed by atoms with van der Waals surface area (Å²) >= 11 is 0. The van der Waals surface area contributed by atoms with Gasteiger partial charge in [-0.25, -0.2) is 0 Å². The van der Waals surface area contributed by atoms with Crippen molar-refractivity contribution in [3.05, 3.63) is 63.2 Å². The number of ether oxygens (including phenoxy) is 1. The first-order valence-electron chi connectivity index (χ1n) is 6.00. The zero-order valence-electron chi connectivity index (χ0n) is 11.1. The van der Waals surface area contributed by atoms with Gasteiger partial charge in [-0.2, -0.15) is 0 Å². The van der Waals surface area contributed by atoms with Gasteiger partial charge in [0.1, 0.15) is 17.8 Å². The summed E-state index contributed by atoms with van der Waals surface area (Å²) in [6.45, 7) is 3.49. The summed E-state index contributed by atoms with van der Waals surface area (Å²) in [4.78, 5) is 21.0. The first-order chi connectivity index (χ1) is 9.51. The number of benzene rings is 2. The summed E-state index contributed by atoms with van der Waals surface area (Å²) in [5.41, 5.74) is 2.00. The molecule has 2 rings (SSSR count). The number of carbonyl (C=O) groups is 1. The van der Waals surface area contributed by atoms with E-state index in [1.54, 1.807) is 37.3 Å². The Morgan fingerprint density at radius 2 is 1.85 bits per heavy atom. The lowest BCUT2D eigenvalue weighted by Crippen LogP contribution is -1.93. The van der Waals surface area contributed by atoms with Crippen molar-refractivity contribution in [1.82, 2.24) is 0 Å². The SMILES string of the molecule is Cc1cc(C=O)ccc1Oc1ccc([N+](=O)[O-])c(C)c1. The van der Waals surface area contributed by atoms with Gasteiger partial charge in [-0.05, 0) is 49.7 Å². The quantitative estimate of drug-likeness (QED) is 0.481. The maximum Gasteiger partial charge on any atom is 0.272 e. The maximum atomic E-state index is 10.7. The van der Waals surface area contributed by atoms with Gasteiger partial charge in [-0.3, -0.25) is 14.9 Å². The van der Waals surface area contributed by atoms with Crippen LogP contribution >= 0.6 is 0 Å². The van der Waals surface area contributed by atoms with Crippen molar-refractivity contribution in [3.8, 4) is 11.5 Å². The lowest BCUT2D eigenvalue weighted by Gasteiger charge is -2.09. The number of nitro benzene ring substituents is 1. The third-order valence-electron chi connectivity index (χ3n) is 2.93. The standard InChI is InChI=1S/C15H13NO4/c1-10-8-13(4-5-14(10)16(18)19)20-15-6-3-12(9-17)7-11(15)2/h3-9H,1-2H3. The van der Waals surface area contributed by atoms with Crippen molar-refractivity contribution in [1.29, 1.82) is 0 Å². The van der Waals surface area contributed by atoms with Crippen LogP contribution in [0.5, 0.6) is 11.5 Å². The highest BCUT2D eigenvalue weighted by atomic mass is 16.6. The van der Waals surface area contributed by atoms with E-state index in [-0.39, 0.29) is 5.69 Å². The van der Waals surface area contributed by atoms with Gasteiger partial charge in [-0.15, -0.1) is 0 Å². The molecule has 0 bridgehead atoms. The Labute approximate surface area is 116 Å². The summed E-state index contributed by atoms with van der Waals surface area (Å²) in [6, 6.07) is 9.67. The minimum absolute atomic E-state index is 0.0605. The van der Waals surface area contributed by atoms with E-state index in [1.807, 2.05) is 6.92 Å². The van der Waals surface area contributed by atoms with E-state index in [4.69, 9.17) is 4.74 Å². The maximum absolute atomic E-state index is 10.7. The summed E-state index contributed by atoms with van der Waals surface area (Å²) < 4.78 is 5.69. The molecule has 0 atom stereocenters. The molecule has 0 unspecified atom stereocenters. The molecule has 20 heavy (non-hydrogen) atoms. The first kappa shape index (κ1) is 13.7. The van der Waals surface area contributed by atoms with Gasteiger partial charge in [0, 0.05) is 17.2 Å². The second kappa shape index (κ2) is 5.52. The predicted octanol–water partition coefficient (Wildman–Crippen LogP) is 3.82. The van der Waals surface area contributed by atoms with Gasteiger partial charge < -0.3 is 4.74 Å². The molecule has 0 heterocycles. The molecule has 0 aliphatic carbocycles. The largest absolute Gasteiger partial charge is 0.457 e. The normalized spacial score (nSPS) is 10.1. The topological polar surface area (TPSA) is 69.4 Å². The Bertz CT molecular complexity index is 680. The van der Waals surface area contributed by atoms with E-state index >= 15 is 0 Å². The average Bonchev–Trinajstić information content (AvgIpc) is 2.40. The molecule has 5 nitrogen and oxygen atoms in total. The Morgan fingerprint density at radius 3 is 2.40 bits per heavy atom. The lowest BCUT2D eigenvalue weighted by molar-refractivity contribution is -0.385. The Morgan fingerprint density at radius 1 is 1.10 bits per heavy atom. The highest BCUT2D eigenvalue weighted by Crippen LogP contribution is 2.29. The molecule has 0 aliphatic rings.